The Hall–Kier alpha value is -2.41. The molecule has 0 aromatic heterocycles. The predicted molar refractivity (Wildman–Crippen MR) is 132 cm³/mol. The van der Waals surface area contributed by atoms with E-state index in [9.17, 15) is 0 Å². The van der Waals surface area contributed by atoms with Crippen molar-refractivity contribution in [2.75, 3.05) is 0 Å². The molecule has 1 aliphatic rings. The van der Waals surface area contributed by atoms with Gasteiger partial charge in [-0.25, -0.2) is 4.39 Å². The van der Waals surface area contributed by atoms with Crippen LogP contribution in [0.5, 0.6) is 0 Å². The largest absolute Gasteiger partial charge is 0.206 e. The Labute approximate surface area is 187 Å². The minimum atomic E-state index is -0.110. The van der Waals surface area contributed by atoms with Crippen molar-refractivity contribution in [3.63, 3.8) is 0 Å². The van der Waals surface area contributed by atoms with Gasteiger partial charge in [0.15, 0.2) is 0 Å². The molecule has 0 radical (unpaired) electrons. The van der Waals surface area contributed by atoms with Crippen LogP contribution in [0.15, 0.2) is 67.3 Å². The van der Waals surface area contributed by atoms with Crippen molar-refractivity contribution in [3.8, 4) is 11.1 Å². The smallest absolute Gasteiger partial charge is 0.138 e. The van der Waals surface area contributed by atoms with Crippen LogP contribution in [0.1, 0.15) is 63.0 Å². The molecular formula is C30H35F. The maximum absolute atomic E-state index is 15.3. The van der Waals surface area contributed by atoms with Gasteiger partial charge >= 0.3 is 0 Å². The summed E-state index contributed by atoms with van der Waals surface area (Å²) in [5, 5.41) is 1.73. The first kappa shape index (κ1) is 21.8. The van der Waals surface area contributed by atoms with Gasteiger partial charge in [-0.05, 0) is 59.6 Å². The first-order valence-corrected chi connectivity index (χ1v) is 12.1. The Morgan fingerprint density at radius 3 is 2.29 bits per heavy atom. The van der Waals surface area contributed by atoms with E-state index in [1.165, 1.54) is 49.7 Å². The first-order chi connectivity index (χ1) is 15.2. The third-order valence-electron chi connectivity index (χ3n) is 7.31. The Morgan fingerprint density at radius 1 is 0.871 bits per heavy atom. The number of rotatable bonds is 8. The molecule has 1 fully saturated rings. The highest BCUT2D eigenvalue weighted by Gasteiger charge is 2.19. The lowest BCUT2D eigenvalue weighted by Gasteiger charge is -2.27. The van der Waals surface area contributed by atoms with Gasteiger partial charge in [0, 0.05) is 10.9 Å². The highest BCUT2D eigenvalue weighted by molar-refractivity contribution is 5.88. The topological polar surface area (TPSA) is 0 Å². The fourth-order valence-electron chi connectivity index (χ4n) is 5.14. The van der Waals surface area contributed by atoms with Gasteiger partial charge in [-0.1, -0.05) is 99.7 Å². The number of aryl methyl sites for hydroxylation is 2. The van der Waals surface area contributed by atoms with Crippen molar-refractivity contribution in [3.05, 3.63) is 84.2 Å². The molecule has 162 valence electrons. The molecule has 0 heterocycles. The number of halogens is 1. The lowest BCUT2D eigenvalue weighted by Crippen LogP contribution is -2.14. The zero-order valence-corrected chi connectivity index (χ0v) is 18.9. The SMILES string of the molecule is C=CCCc1ccc(-c2ccc3cc(CCC4CCC(CC)CC4)ccc3c2F)cc1. The molecule has 4 rings (SSSR count). The van der Waals surface area contributed by atoms with Crippen LogP contribution in [0.4, 0.5) is 4.39 Å². The van der Waals surface area contributed by atoms with Crippen molar-refractivity contribution < 1.29 is 4.39 Å². The summed E-state index contributed by atoms with van der Waals surface area (Å²) in [5.74, 6) is 1.71. The van der Waals surface area contributed by atoms with Gasteiger partial charge in [-0.15, -0.1) is 6.58 Å². The van der Waals surface area contributed by atoms with E-state index in [0.717, 1.165) is 47.4 Å². The minimum absolute atomic E-state index is 0.110. The normalized spacial score (nSPS) is 18.9. The molecule has 0 aliphatic heterocycles. The molecule has 0 saturated heterocycles. The quantitative estimate of drug-likeness (QED) is 0.323. The van der Waals surface area contributed by atoms with Crippen molar-refractivity contribution in [1.29, 1.82) is 0 Å². The van der Waals surface area contributed by atoms with Gasteiger partial charge in [0.25, 0.3) is 0 Å². The van der Waals surface area contributed by atoms with Crippen molar-refractivity contribution >= 4 is 10.8 Å². The van der Waals surface area contributed by atoms with Crippen molar-refractivity contribution in [2.24, 2.45) is 11.8 Å². The summed E-state index contributed by atoms with van der Waals surface area (Å²) in [4.78, 5) is 0. The molecule has 3 aromatic rings. The molecule has 1 heteroatoms. The molecule has 0 N–H and O–H groups in total. The highest BCUT2D eigenvalue weighted by Crippen LogP contribution is 2.34. The van der Waals surface area contributed by atoms with Crippen LogP contribution in [0.3, 0.4) is 0 Å². The fraction of sp³-hybridized carbons (Fsp3) is 0.400. The molecule has 0 unspecified atom stereocenters. The van der Waals surface area contributed by atoms with E-state index < -0.39 is 0 Å². The van der Waals surface area contributed by atoms with Gasteiger partial charge in [0.2, 0.25) is 0 Å². The monoisotopic (exact) mass is 414 g/mol. The summed E-state index contributed by atoms with van der Waals surface area (Å²) in [7, 11) is 0. The lowest BCUT2D eigenvalue weighted by molar-refractivity contribution is 0.259. The van der Waals surface area contributed by atoms with E-state index >= 15 is 4.39 Å². The highest BCUT2D eigenvalue weighted by atomic mass is 19.1. The third-order valence-corrected chi connectivity index (χ3v) is 7.31. The van der Waals surface area contributed by atoms with E-state index in [1.807, 2.05) is 30.3 Å². The molecule has 0 atom stereocenters. The summed E-state index contributed by atoms with van der Waals surface area (Å²) in [6, 6.07) is 18.6. The standard InChI is InChI=1S/C30H35F/c1-3-5-6-23-13-16-26(17-14-23)28-20-18-27-21-25(15-19-29(27)30(28)31)12-11-24-9-7-22(4-2)8-10-24/h3,13-22,24H,1,4-12H2,2H3. The van der Waals surface area contributed by atoms with Gasteiger partial charge in [0.1, 0.15) is 5.82 Å². The van der Waals surface area contributed by atoms with E-state index in [0.29, 0.717) is 5.56 Å². The number of fused-ring (bicyclic) bond motifs is 1. The molecule has 1 aliphatic carbocycles. The van der Waals surface area contributed by atoms with Crippen LogP contribution in [0.25, 0.3) is 21.9 Å². The Kier molecular flexibility index (Phi) is 7.22. The average molecular weight is 415 g/mol. The summed E-state index contributed by atoms with van der Waals surface area (Å²) >= 11 is 0. The zero-order chi connectivity index (χ0) is 21.6. The molecule has 3 aromatic carbocycles. The van der Waals surface area contributed by atoms with Crippen LogP contribution in [-0.4, -0.2) is 0 Å². The minimum Gasteiger partial charge on any atom is -0.206 e. The van der Waals surface area contributed by atoms with Gasteiger partial charge in [0.05, 0.1) is 0 Å². The zero-order valence-electron chi connectivity index (χ0n) is 18.9. The van der Waals surface area contributed by atoms with E-state index in [-0.39, 0.29) is 5.82 Å². The molecule has 31 heavy (non-hydrogen) atoms. The van der Waals surface area contributed by atoms with Gasteiger partial charge < -0.3 is 0 Å². The van der Waals surface area contributed by atoms with Crippen molar-refractivity contribution in [2.45, 2.75) is 64.7 Å². The van der Waals surface area contributed by atoms with Crippen LogP contribution < -0.4 is 0 Å². The van der Waals surface area contributed by atoms with Crippen LogP contribution in [-0.2, 0) is 12.8 Å². The van der Waals surface area contributed by atoms with E-state index in [1.54, 1.807) is 0 Å². The van der Waals surface area contributed by atoms with E-state index in [2.05, 4.69) is 43.8 Å². The second-order valence-electron chi connectivity index (χ2n) is 9.34. The van der Waals surface area contributed by atoms with Crippen LogP contribution >= 0.6 is 0 Å². The van der Waals surface area contributed by atoms with Gasteiger partial charge in [-0.3, -0.25) is 0 Å². The maximum Gasteiger partial charge on any atom is 0.138 e. The number of hydrogen-bond donors (Lipinski definition) is 0. The second-order valence-corrected chi connectivity index (χ2v) is 9.34. The first-order valence-electron chi connectivity index (χ1n) is 12.1. The summed E-state index contributed by atoms with van der Waals surface area (Å²) in [5.41, 5.74) is 4.22. The summed E-state index contributed by atoms with van der Waals surface area (Å²) in [6.07, 6.45) is 13.2. The molecule has 1 saturated carbocycles. The molecule has 0 nitrogen and oxygen atoms in total. The summed E-state index contributed by atoms with van der Waals surface area (Å²) in [6.45, 7) is 6.10. The fourth-order valence-corrected chi connectivity index (χ4v) is 5.14. The van der Waals surface area contributed by atoms with Crippen molar-refractivity contribution in [1.82, 2.24) is 0 Å². The Balaban J connectivity index is 1.46. The molecule has 0 spiro atoms. The molecule has 0 amide bonds. The third kappa shape index (κ3) is 5.26. The number of allylic oxidation sites excluding steroid dienone is 1. The van der Waals surface area contributed by atoms with Gasteiger partial charge in [-0.2, -0.15) is 0 Å². The summed E-state index contributed by atoms with van der Waals surface area (Å²) < 4.78 is 15.3. The Bertz CT molecular complexity index is 1010. The van der Waals surface area contributed by atoms with E-state index in [4.69, 9.17) is 0 Å². The Morgan fingerprint density at radius 2 is 1.58 bits per heavy atom. The predicted octanol–water partition coefficient (Wildman–Crippen LogP) is 8.91. The number of hydrogen-bond acceptors (Lipinski definition) is 0. The van der Waals surface area contributed by atoms with Crippen LogP contribution in [0.2, 0.25) is 0 Å². The maximum atomic E-state index is 15.3. The van der Waals surface area contributed by atoms with Crippen LogP contribution in [0, 0.1) is 17.7 Å². The molecular weight excluding hydrogens is 379 g/mol. The molecule has 0 bridgehead atoms. The number of benzene rings is 3. The second kappa shape index (κ2) is 10.3. The average Bonchev–Trinajstić information content (AvgIpc) is 2.82. The lowest BCUT2D eigenvalue weighted by atomic mass is 9.78.